The third-order valence-corrected chi connectivity index (χ3v) is 2.51. The van der Waals surface area contributed by atoms with Crippen LogP contribution in [0.3, 0.4) is 0 Å². The Hall–Kier alpha value is -0.330. The molecule has 0 aliphatic heterocycles. The zero-order chi connectivity index (χ0) is 9.56. The van der Waals surface area contributed by atoms with E-state index in [1.165, 1.54) is 6.42 Å². The summed E-state index contributed by atoms with van der Waals surface area (Å²) >= 11 is 0. The van der Waals surface area contributed by atoms with Gasteiger partial charge in [-0.3, -0.25) is 4.79 Å². The monoisotopic (exact) mass is 170 g/mol. The number of ketones is 1. The van der Waals surface area contributed by atoms with Crippen molar-refractivity contribution in [3.05, 3.63) is 0 Å². The molecule has 1 saturated carbocycles. The molecule has 0 aromatic carbocycles. The molecule has 0 aromatic rings. The lowest BCUT2D eigenvalue weighted by Crippen LogP contribution is -2.22. The maximum absolute atomic E-state index is 11.2. The molecule has 0 N–H and O–H groups in total. The highest BCUT2D eigenvalue weighted by Gasteiger charge is 2.24. The zero-order valence-corrected chi connectivity index (χ0v) is 8.89. The van der Waals surface area contributed by atoms with Crippen molar-refractivity contribution in [3.8, 4) is 0 Å². The second kappa shape index (κ2) is 6.22. The molecule has 1 aliphatic rings. The van der Waals surface area contributed by atoms with Crippen molar-refractivity contribution >= 4 is 5.78 Å². The van der Waals surface area contributed by atoms with Crippen molar-refractivity contribution in [2.24, 2.45) is 11.8 Å². The minimum atomic E-state index is 0.399. The van der Waals surface area contributed by atoms with E-state index in [-0.39, 0.29) is 0 Å². The van der Waals surface area contributed by atoms with E-state index >= 15 is 0 Å². The van der Waals surface area contributed by atoms with E-state index in [2.05, 4.69) is 13.8 Å². The summed E-state index contributed by atoms with van der Waals surface area (Å²) in [5.41, 5.74) is 0. The van der Waals surface area contributed by atoms with Gasteiger partial charge in [0.1, 0.15) is 5.78 Å². The fraction of sp³-hybridized carbons (Fsp3) is 0.909. The fourth-order valence-electron chi connectivity index (χ4n) is 1.69. The van der Waals surface area contributed by atoms with Crippen LogP contribution < -0.4 is 0 Å². The van der Waals surface area contributed by atoms with E-state index in [1.54, 1.807) is 0 Å². The van der Waals surface area contributed by atoms with Crippen molar-refractivity contribution in [2.75, 3.05) is 0 Å². The molecule has 2 atom stereocenters. The Balaban J connectivity index is 0.000000561. The van der Waals surface area contributed by atoms with Gasteiger partial charge < -0.3 is 0 Å². The summed E-state index contributed by atoms with van der Waals surface area (Å²) in [5.74, 6) is 1.55. The van der Waals surface area contributed by atoms with E-state index in [0.29, 0.717) is 17.6 Å². The molecule has 0 bridgehead atoms. The van der Waals surface area contributed by atoms with Crippen molar-refractivity contribution in [2.45, 2.75) is 53.4 Å². The third kappa shape index (κ3) is 3.38. The zero-order valence-electron chi connectivity index (χ0n) is 8.89. The normalized spacial score (nSPS) is 29.2. The van der Waals surface area contributed by atoms with Crippen LogP contribution >= 0.6 is 0 Å². The Kier molecular flexibility index (Phi) is 6.04. The molecule has 2 unspecified atom stereocenters. The van der Waals surface area contributed by atoms with Gasteiger partial charge in [0, 0.05) is 12.3 Å². The maximum Gasteiger partial charge on any atom is 0.136 e. The average molecular weight is 170 g/mol. The number of carbonyl (C=O) groups excluding carboxylic acids is 1. The highest BCUT2D eigenvalue weighted by Crippen LogP contribution is 2.26. The predicted molar refractivity (Wildman–Crippen MR) is 53.2 cm³/mol. The molecule has 1 nitrogen and oxygen atoms in total. The molecule has 0 spiro atoms. The minimum Gasteiger partial charge on any atom is -0.299 e. The highest BCUT2D eigenvalue weighted by atomic mass is 16.1. The first-order valence-electron chi connectivity index (χ1n) is 5.26. The number of rotatable bonds is 1. The molecule has 0 amide bonds. The van der Waals surface area contributed by atoms with Crippen molar-refractivity contribution in [3.63, 3.8) is 0 Å². The molecule has 1 heteroatoms. The molecule has 1 rings (SSSR count). The Morgan fingerprint density at radius 1 is 1.33 bits per heavy atom. The fourth-order valence-corrected chi connectivity index (χ4v) is 1.69. The highest BCUT2D eigenvalue weighted by molar-refractivity contribution is 5.81. The van der Waals surface area contributed by atoms with Gasteiger partial charge in [0.05, 0.1) is 0 Å². The van der Waals surface area contributed by atoms with Gasteiger partial charge in [-0.05, 0) is 25.2 Å². The van der Waals surface area contributed by atoms with E-state index in [1.807, 2.05) is 13.8 Å². The van der Waals surface area contributed by atoms with Crippen LogP contribution in [0, 0.1) is 11.8 Å². The second-order valence-corrected chi connectivity index (χ2v) is 3.46. The number of Topliss-reactive ketones (excluding diaryl/α,β-unsaturated/α-hetero) is 1. The van der Waals surface area contributed by atoms with Crippen molar-refractivity contribution < 1.29 is 4.79 Å². The lowest BCUT2D eigenvalue weighted by Gasteiger charge is -2.23. The molecule has 72 valence electrons. The van der Waals surface area contributed by atoms with Gasteiger partial charge in [0.25, 0.3) is 0 Å². The molecule has 0 heterocycles. The summed E-state index contributed by atoms with van der Waals surface area (Å²) in [4.78, 5) is 11.2. The molecule has 1 aliphatic carbocycles. The standard InChI is InChI=1S/C9H16O.C2H6/c1-3-8-5-4-7(2)6-9(8)10;1-2/h7-8H,3-6H2,1-2H3;1-2H3. The van der Waals surface area contributed by atoms with Gasteiger partial charge >= 0.3 is 0 Å². The second-order valence-electron chi connectivity index (χ2n) is 3.46. The van der Waals surface area contributed by atoms with E-state index in [4.69, 9.17) is 0 Å². The van der Waals surface area contributed by atoms with Gasteiger partial charge in [0.15, 0.2) is 0 Å². The van der Waals surface area contributed by atoms with Crippen molar-refractivity contribution in [1.29, 1.82) is 0 Å². The first-order valence-corrected chi connectivity index (χ1v) is 5.26. The van der Waals surface area contributed by atoms with Crippen LogP contribution in [0.15, 0.2) is 0 Å². The topological polar surface area (TPSA) is 17.1 Å². The minimum absolute atomic E-state index is 0.399. The molecule has 0 aromatic heterocycles. The van der Waals surface area contributed by atoms with Crippen LogP contribution in [0.4, 0.5) is 0 Å². The van der Waals surface area contributed by atoms with Crippen LogP contribution in [-0.2, 0) is 4.79 Å². The van der Waals surface area contributed by atoms with Crippen LogP contribution in [0.1, 0.15) is 53.4 Å². The summed E-state index contributed by atoms with van der Waals surface area (Å²) in [6.07, 6.45) is 4.27. The quantitative estimate of drug-likeness (QED) is 0.589. The Labute approximate surface area is 76.6 Å². The number of hydrogen-bond acceptors (Lipinski definition) is 1. The summed E-state index contributed by atoms with van der Waals surface area (Å²) < 4.78 is 0. The van der Waals surface area contributed by atoms with Gasteiger partial charge in [-0.1, -0.05) is 27.7 Å². The van der Waals surface area contributed by atoms with E-state index < -0.39 is 0 Å². The van der Waals surface area contributed by atoms with Crippen LogP contribution in [-0.4, -0.2) is 5.78 Å². The maximum atomic E-state index is 11.2. The molecular formula is C11H22O. The van der Waals surface area contributed by atoms with Gasteiger partial charge in [-0.15, -0.1) is 0 Å². The van der Waals surface area contributed by atoms with Crippen LogP contribution in [0.25, 0.3) is 0 Å². The molecule has 0 radical (unpaired) electrons. The Morgan fingerprint density at radius 3 is 2.33 bits per heavy atom. The Bertz CT molecular complexity index is 129. The van der Waals surface area contributed by atoms with Gasteiger partial charge in [-0.25, -0.2) is 0 Å². The number of carbonyl (C=O) groups is 1. The first kappa shape index (κ1) is 11.7. The lowest BCUT2D eigenvalue weighted by atomic mass is 9.81. The smallest absolute Gasteiger partial charge is 0.136 e. The van der Waals surface area contributed by atoms with E-state index in [0.717, 1.165) is 19.3 Å². The summed E-state index contributed by atoms with van der Waals surface area (Å²) in [6.45, 7) is 8.28. The van der Waals surface area contributed by atoms with Crippen LogP contribution in [0.2, 0.25) is 0 Å². The molecular weight excluding hydrogens is 148 g/mol. The van der Waals surface area contributed by atoms with Crippen LogP contribution in [0.5, 0.6) is 0 Å². The molecule has 12 heavy (non-hydrogen) atoms. The number of hydrogen-bond donors (Lipinski definition) is 0. The summed E-state index contributed by atoms with van der Waals surface area (Å²) in [7, 11) is 0. The SMILES string of the molecule is CC.CCC1CCC(C)CC1=O. The molecule has 1 fully saturated rings. The predicted octanol–water partition coefficient (Wildman–Crippen LogP) is 3.43. The molecule has 0 saturated heterocycles. The third-order valence-electron chi connectivity index (χ3n) is 2.51. The largest absolute Gasteiger partial charge is 0.299 e. The van der Waals surface area contributed by atoms with Crippen molar-refractivity contribution in [1.82, 2.24) is 0 Å². The summed E-state index contributed by atoms with van der Waals surface area (Å²) in [5, 5.41) is 0. The average Bonchev–Trinajstić information content (AvgIpc) is 2.08. The van der Waals surface area contributed by atoms with Gasteiger partial charge in [0.2, 0.25) is 0 Å². The lowest BCUT2D eigenvalue weighted by molar-refractivity contribution is -0.125. The van der Waals surface area contributed by atoms with E-state index in [9.17, 15) is 4.79 Å². The first-order chi connectivity index (χ1) is 5.74. The van der Waals surface area contributed by atoms with Gasteiger partial charge in [-0.2, -0.15) is 0 Å². The summed E-state index contributed by atoms with van der Waals surface area (Å²) in [6, 6.07) is 0. The Morgan fingerprint density at radius 2 is 1.92 bits per heavy atom.